The van der Waals surface area contributed by atoms with E-state index >= 15 is 0 Å². The van der Waals surface area contributed by atoms with Gasteiger partial charge >= 0.3 is 0 Å². The van der Waals surface area contributed by atoms with Gasteiger partial charge in [0.05, 0.1) is 6.61 Å². The van der Waals surface area contributed by atoms with Crippen LogP contribution in [0.2, 0.25) is 0 Å². The summed E-state index contributed by atoms with van der Waals surface area (Å²) >= 11 is 0. The molecular formula is C12H22F2N2O. The van der Waals surface area contributed by atoms with Crippen molar-refractivity contribution in [1.29, 1.82) is 0 Å². The second-order valence-corrected chi connectivity index (χ2v) is 5.05. The summed E-state index contributed by atoms with van der Waals surface area (Å²) < 4.78 is 28.6. The van der Waals surface area contributed by atoms with Crippen LogP contribution in [0.25, 0.3) is 0 Å². The Balaban J connectivity index is 1.56. The Bertz CT molecular complexity index is 225. The van der Waals surface area contributed by atoms with Crippen molar-refractivity contribution in [3.63, 3.8) is 0 Å². The minimum Gasteiger partial charge on any atom is -0.374 e. The van der Waals surface area contributed by atoms with E-state index in [1.54, 1.807) is 0 Å². The number of hydrogen-bond donors (Lipinski definition) is 1. The van der Waals surface area contributed by atoms with Crippen LogP contribution >= 0.6 is 0 Å². The SMILES string of the molecule is FC(F)COCCN1CCCC(NC2CC2)C1. The molecule has 3 nitrogen and oxygen atoms in total. The number of rotatable bonds is 7. The molecule has 5 heteroatoms. The number of piperidine rings is 1. The molecule has 1 atom stereocenters. The molecule has 2 aliphatic rings. The number of alkyl halides is 2. The highest BCUT2D eigenvalue weighted by Gasteiger charge is 2.27. The van der Waals surface area contributed by atoms with E-state index in [0.717, 1.165) is 25.7 Å². The van der Waals surface area contributed by atoms with Crippen molar-refractivity contribution in [3.05, 3.63) is 0 Å². The molecule has 1 saturated carbocycles. The van der Waals surface area contributed by atoms with Gasteiger partial charge in [0.25, 0.3) is 6.43 Å². The molecule has 2 fully saturated rings. The Hall–Kier alpha value is -0.260. The maximum absolute atomic E-state index is 11.9. The average Bonchev–Trinajstić information content (AvgIpc) is 3.09. The third kappa shape index (κ3) is 5.27. The first kappa shape index (κ1) is 13.2. The summed E-state index contributed by atoms with van der Waals surface area (Å²) in [7, 11) is 0. The van der Waals surface area contributed by atoms with Crippen molar-refractivity contribution < 1.29 is 13.5 Å². The van der Waals surface area contributed by atoms with Crippen molar-refractivity contribution in [2.75, 3.05) is 32.8 Å². The summed E-state index contributed by atoms with van der Waals surface area (Å²) in [5.41, 5.74) is 0. The summed E-state index contributed by atoms with van der Waals surface area (Å²) in [4.78, 5) is 2.31. The first-order valence-electron chi connectivity index (χ1n) is 6.58. The lowest BCUT2D eigenvalue weighted by molar-refractivity contribution is 0.00715. The largest absolute Gasteiger partial charge is 0.374 e. The number of halogens is 2. The van der Waals surface area contributed by atoms with Crippen molar-refractivity contribution >= 4 is 0 Å². The van der Waals surface area contributed by atoms with Gasteiger partial charge in [0, 0.05) is 25.2 Å². The van der Waals surface area contributed by atoms with Gasteiger partial charge in [-0.3, -0.25) is 4.90 Å². The quantitative estimate of drug-likeness (QED) is 0.691. The lowest BCUT2D eigenvalue weighted by atomic mass is 10.1. The van der Waals surface area contributed by atoms with Crippen molar-refractivity contribution in [1.82, 2.24) is 10.2 Å². The molecule has 0 amide bonds. The molecule has 1 N–H and O–H groups in total. The lowest BCUT2D eigenvalue weighted by Crippen LogP contribution is -2.47. The third-order valence-electron chi connectivity index (χ3n) is 3.35. The van der Waals surface area contributed by atoms with E-state index in [9.17, 15) is 8.78 Å². The van der Waals surface area contributed by atoms with Gasteiger partial charge in [-0.25, -0.2) is 8.78 Å². The number of nitrogens with one attached hydrogen (secondary N) is 1. The van der Waals surface area contributed by atoms with Crippen molar-refractivity contribution in [2.24, 2.45) is 0 Å². The standard InChI is InChI=1S/C12H22F2N2O/c13-12(14)9-17-7-6-16-5-1-2-11(8-16)15-10-3-4-10/h10-12,15H,1-9H2. The van der Waals surface area contributed by atoms with Crippen LogP contribution in [0.4, 0.5) is 8.78 Å². The van der Waals surface area contributed by atoms with Crippen LogP contribution in [-0.4, -0.2) is 56.3 Å². The van der Waals surface area contributed by atoms with Gasteiger partial charge in [-0.15, -0.1) is 0 Å². The van der Waals surface area contributed by atoms with E-state index in [1.165, 1.54) is 25.7 Å². The predicted molar refractivity (Wildman–Crippen MR) is 62.4 cm³/mol. The monoisotopic (exact) mass is 248 g/mol. The van der Waals surface area contributed by atoms with E-state index in [2.05, 4.69) is 10.2 Å². The fourth-order valence-electron chi connectivity index (χ4n) is 2.34. The minimum absolute atomic E-state index is 0.417. The maximum atomic E-state index is 11.9. The van der Waals surface area contributed by atoms with Crippen molar-refractivity contribution in [2.45, 2.75) is 44.2 Å². The first-order valence-corrected chi connectivity index (χ1v) is 6.58. The third-order valence-corrected chi connectivity index (χ3v) is 3.35. The fraction of sp³-hybridized carbons (Fsp3) is 1.00. The number of likely N-dealkylation sites (tertiary alicyclic amines) is 1. The zero-order valence-corrected chi connectivity index (χ0v) is 10.2. The molecule has 0 aromatic heterocycles. The average molecular weight is 248 g/mol. The molecule has 1 heterocycles. The van der Waals surface area contributed by atoms with E-state index in [0.29, 0.717) is 12.6 Å². The fourth-order valence-corrected chi connectivity index (χ4v) is 2.34. The van der Waals surface area contributed by atoms with Crippen LogP contribution in [-0.2, 0) is 4.74 Å². The summed E-state index contributed by atoms with van der Waals surface area (Å²) in [6.07, 6.45) is 2.71. The topological polar surface area (TPSA) is 24.5 Å². The van der Waals surface area contributed by atoms with Gasteiger partial charge in [-0.05, 0) is 32.2 Å². The highest BCUT2D eigenvalue weighted by atomic mass is 19.3. The minimum atomic E-state index is -2.35. The van der Waals surface area contributed by atoms with Crippen LogP contribution in [0.5, 0.6) is 0 Å². The van der Waals surface area contributed by atoms with Crippen LogP contribution in [0.1, 0.15) is 25.7 Å². The first-order chi connectivity index (χ1) is 8.24. The Labute approximate surface area is 101 Å². The molecule has 17 heavy (non-hydrogen) atoms. The van der Waals surface area contributed by atoms with Crippen LogP contribution in [0, 0.1) is 0 Å². The number of nitrogens with zero attached hydrogens (tertiary/aromatic N) is 1. The van der Waals surface area contributed by atoms with Gasteiger partial charge in [-0.2, -0.15) is 0 Å². The Kier molecular flexibility index (Phi) is 5.13. The number of hydrogen-bond acceptors (Lipinski definition) is 3. The Morgan fingerprint density at radius 1 is 1.24 bits per heavy atom. The molecule has 0 aromatic rings. The molecule has 0 spiro atoms. The molecule has 1 aliphatic carbocycles. The smallest absolute Gasteiger partial charge is 0.261 e. The van der Waals surface area contributed by atoms with Crippen molar-refractivity contribution in [3.8, 4) is 0 Å². The summed E-state index contributed by atoms with van der Waals surface area (Å²) in [6, 6.07) is 1.33. The van der Waals surface area contributed by atoms with Gasteiger partial charge in [0.2, 0.25) is 0 Å². The highest BCUT2D eigenvalue weighted by molar-refractivity contribution is 4.87. The Morgan fingerprint density at radius 2 is 2.06 bits per heavy atom. The summed E-state index contributed by atoms with van der Waals surface area (Å²) in [5, 5.41) is 3.63. The van der Waals surface area contributed by atoms with E-state index in [-0.39, 0.29) is 0 Å². The molecule has 1 saturated heterocycles. The number of ether oxygens (including phenoxy) is 1. The molecule has 2 rings (SSSR count). The lowest BCUT2D eigenvalue weighted by Gasteiger charge is -2.33. The van der Waals surface area contributed by atoms with Gasteiger partial charge in [0.1, 0.15) is 6.61 Å². The van der Waals surface area contributed by atoms with Crippen LogP contribution in [0.15, 0.2) is 0 Å². The van der Waals surface area contributed by atoms with E-state index in [4.69, 9.17) is 4.74 Å². The second kappa shape index (κ2) is 6.61. The van der Waals surface area contributed by atoms with Gasteiger partial charge in [0.15, 0.2) is 0 Å². The van der Waals surface area contributed by atoms with Crippen LogP contribution in [0.3, 0.4) is 0 Å². The Morgan fingerprint density at radius 3 is 2.76 bits per heavy atom. The molecular weight excluding hydrogens is 226 g/mol. The summed E-state index contributed by atoms with van der Waals surface area (Å²) in [5.74, 6) is 0. The van der Waals surface area contributed by atoms with Gasteiger partial charge in [-0.1, -0.05) is 0 Å². The van der Waals surface area contributed by atoms with Gasteiger partial charge < -0.3 is 10.1 Å². The molecule has 1 unspecified atom stereocenters. The zero-order valence-electron chi connectivity index (χ0n) is 10.2. The van der Waals surface area contributed by atoms with E-state index < -0.39 is 13.0 Å². The normalized spacial score (nSPS) is 26.6. The highest BCUT2D eigenvalue weighted by Crippen LogP contribution is 2.21. The molecule has 100 valence electrons. The molecule has 0 aromatic carbocycles. The maximum Gasteiger partial charge on any atom is 0.261 e. The zero-order chi connectivity index (χ0) is 12.1. The summed E-state index contributed by atoms with van der Waals surface area (Å²) in [6.45, 7) is 2.86. The predicted octanol–water partition coefficient (Wildman–Crippen LogP) is 1.48. The van der Waals surface area contributed by atoms with Crippen LogP contribution < -0.4 is 5.32 Å². The molecule has 0 bridgehead atoms. The molecule has 1 aliphatic heterocycles. The molecule has 0 radical (unpaired) electrons. The van der Waals surface area contributed by atoms with E-state index in [1.807, 2.05) is 0 Å². The second-order valence-electron chi connectivity index (χ2n) is 5.05.